The molecule has 3 rings (SSSR count). The first kappa shape index (κ1) is 28.0. The van der Waals surface area contributed by atoms with E-state index in [1.54, 1.807) is 24.0 Å². The van der Waals surface area contributed by atoms with Gasteiger partial charge in [-0.3, -0.25) is 9.59 Å². The predicted octanol–water partition coefficient (Wildman–Crippen LogP) is 3.36. The molecule has 1 aliphatic heterocycles. The van der Waals surface area contributed by atoms with E-state index in [4.69, 9.17) is 4.74 Å². The summed E-state index contributed by atoms with van der Waals surface area (Å²) in [6.45, 7) is 7.77. The third-order valence-electron chi connectivity index (χ3n) is 6.52. The molecule has 1 fully saturated rings. The summed E-state index contributed by atoms with van der Waals surface area (Å²) in [6, 6.07) is 14.9. The highest BCUT2D eigenvalue weighted by molar-refractivity contribution is 5.88. The standard InChI is InChI=1S/C28H37FN4O4/c1-20(26(35)37-4)18-24(25(34)31-28(2,3)19-21-10-12-22(29)13-11-21)30-27(36)33-16-14-32(15-17-33)23-8-6-5-7-9-23/h5-13,20,24H,14-19H2,1-4H3,(H,30,36)(H,31,34). The van der Waals surface area contributed by atoms with Gasteiger partial charge in [0.25, 0.3) is 0 Å². The van der Waals surface area contributed by atoms with E-state index in [1.807, 2.05) is 44.2 Å². The number of urea groups is 1. The van der Waals surface area contributed by atoms with Crippen molar-refractivity contribution in [3.8, 4) is 0 Å². The molecule has 37 heavy (non-hydrogen) atoms. The van der Waals surface area contributed by atoms with Crippen molar-refractivity contribution in [1.82, 2.24) is 15.5 Å². The second-order valence-corrected chi connectivity index (χ2v) is 10.1. The van der Waals surface area contributed by atoms with Crippen LogP contribution in [0.5, 0.6) is 0 Å². The molecule has 2 aromatic carbocycles. The van der Waals surface area contributed by atoms with Crippen LogP contribution in [0.25, 0.3) is 0 Å². The molecule has 0 saturated carbocycles. The molecular formula is C28H37FN4O4. The van der Waals surface area contributed by atoms with E-state index in [0.29, 0.717) is 32.6 Å². The van der Waals surface area contributed by atoms with Gasteiger partial charge in [0.1, 0.15) is 11.9 Å². The number of hydrogen-bond acceptors (Lipinski definition) is 5. The summed E-state index contributed by atoms with van der Waals surface area (Å²) in [5.74, 6) is -1.75. The quantitative estimate of drug-likeness (QED) is 0.503. The number of amides is 3. The van der Waals surface area contributed by atoms with Gasteiger partial charge in [-0.05, 0) is 56.5 Å². The second kappa shape index (κ2) is 12.6. The van der Waals surface area contributed by atoms with Crippen LogP contribution in [0.3, 0.4) is 0 Å². The summed E-state index contributed by atoms with van der Waals surface area (Å²) < 4.78 is 18.1. The molecule has 0 bridgehead atoms. The molecule has 2 atom stereocenters. The Kier molecular flexibility index (Phi) is 9.49. The van der Waals surface area contributed by atoms with E-state index >= 15 is 0 Å². The third kappa shape index (κ3) is 8.20. The SMILES string of the molecule is COC(=O)C(C)CC(NC(=O)N1CCN(c2ccccc2)CC1)C(=O)NC(C)(C)Cc1ccc(F)cc1. The lowest BCUT2D eigenvalue weighted by atomic mass is 9.93. The lowest BCUT2D eigenvalue weighted by Gasteiger charge is -2.37. The minimum Gasteiger partial charge on any atom is -0.469 e. The molecule has 200 valence electrons. The molecule has 2 unspecified atom stereocenters. The van der Waals surface area contributed by atoms with Crippen LogP contribution < -0.4 is 15.5 Å². The van der Waals surface area contributed by atoms with E-state index in [2.05, 4.69) is 15.5 Å². The van der Waals surface area contributed by atoms with Crippen LogP contribution >= 0.6 is 0 Å². The highest BCUT2D eigenvalue weighted by Gasteiger charge is 2.32. The monoisotopic (exact) mass is 512 g/mol. The average Bonchev–Trinajstić information content (AvgIpc) is 2.89. The van der Waals surface area contributed by atoms with Gasteiger partial charge in [-0.2, -0.15) is 0 Å². The van der Waals surface area contributed by atoms with Crippen LogP contribution in [-0.4, -0.2) is 67.7 Å². The number of benzene rings is 2. The molecular weight excluding hydrogens is 475 g/mol. The first-order chi connectivity index (χ1) is 17.6. The Morgan fingerprint density at radius 1 is 1.00 bits per heavy atom. The summed E-state index contributed by atoms with van der Waals surface area (Å²) >= 11 is 0. The van der Waals surface area contributed by atoms with Gasteiger partial charge in [0.2, 0.25) is 5.91 Å². The molecule has 1 heterocycles. The summed E-state index contributed by atoms with van der Waals surface area (Å²) in [5.41, 5.74) is 1.30. The molecule has 3 amide bonds. The number of esters is 1. The fourth-order valence-corrected chi connectivity index (χ4v) is 4.51. The lowest BCUT2D eigenvalue weighted by molar-refractivity contribution is -0.145. The molecule has 1 aliphatic rings. The van der Waals surface area contributed by atoms with E-state index < -0.39 is 23.5 Å². The Morgan fingerprint density at radius 3 is 2.22 bits per heavy atom. The summed E-state index contributed by atoms with van der Waals surface area (Å²) in [4.78, 5) is 42.4. The summed E-state index contributed by atoms with van der Waals surface area (Å²) in [5, 5.41) is 5.84. The minimum atomic E-state index is -0.929. The first-order valence-corrected chi connectivity index (χ1v) is 12.6. The topological polar surface area (TPSA) is 91.0 Å². The minimum absolute atomic E-state index is 0.0981. The molecule has 0 aliphatic carbocycles. The molecule has 1 saturated heterocycles. The number of halogens is 1. The van der Waals surface area contributed by atoms with E-state index in [1.165, 1.54) is 19.2 Å². The maximum atomic E-state index is 13.3. The van der Waals surface area contributed by atoms with Gasteiger partial charge in [-0.25, -0.2) is 9.18 Å². The molecule has 0 spiro atoms. The number of hydrogen-bond donors (Lipinski definition) is 2. The maximum Gasteiger partial charge on any atom is 0.318 e. The first-order valence-electron chi connectivity index (χ1n) is 12.6. The van der Waals surface area contributed by atoms with Crippen LogP contribution in [0.2, 0.25) is 0 Å². The lowest BCUT2D eigenvalue weighted by Crippen LogP contribution is -2.58. The molecule has 8 nitrogen and oxygen atoms in total. The Labute approximate surface area is 218 Å². The average molecular weight is 513 g/mol. The van der Waals surface area contributed by atoms with Gasteiger partial charge in [0.15, 0.2) is 0 Å². The Balaban J connectivity index is 1.64. The number of para-hydroxylation sites is 1. The van der Waals surface area contributed by atoms with Gasteiger partial charge < -0.3 is 25.2 Å². The van der Waals surface area contributed by atoms with Crippen molar-refractivity contribution in [1.29, 1.82) is 0 Å². The van der Waals surface area contributed by atoms with Crippen LogP contribution in [0.15, 0.2) is 54.6 Å². The molecule has 0 radical (unpaired) electrons. The summed E-state index contributed by atoms with van der Waals surface area (Å²) in [6.07, 6.45) is 0.564. The number of nitrogens with zero attached hydrogens (tertiary/aromatic N) is 2. The fraction of sp³-hybridized carbons (Fsp3) is 0.464. The van der Waals surface area contributed by atoms with E-state index in [-0.39, 0.29) is 24.2 Å². The second-order valence-electron chi connectivity index (χ2n) is 10.1. The van der Waals surface area contributed by atoms with Gasteiger partial charge in [-0.15, -0.1) is 0 Å². The van der Waals surface area contributed by atoms with Crippen LogP contribution in [0.1, 0.15) is 32.8 Å². The normalized spacial score (nSPS) is 15.5. The number of methoxy groups -OCH3 is 1. The van der Waals surface area contributed by atoms with Crippen molar-refractivity contribution in [2.75, 3.05) is 38.2 Å². The van der Waals surface area contributed by atoms with E-state index in [9.17, 15) is 18.8 Å². The van der Waals surface area contributed by atoms with Crippen molar-refractivity contribution in [2.24, 2.45) is 5.92 Å². The van der Waals surface area contributed by atoms with Crippen molar-refractivity contribution in [3.05, 3.63) is 66.0 Å². The maximum absolute atomic E-state index is 13.3. The number of nitrogens with one attached hydrogen (secondary N) is 2. The number of anilines is 1. The van der Waals surface area contributed by atoms with Gasteiger partial charge in [-0.1, -0.05) is 37.3 Å². The number of rotatable bonds is 9. The van der Waals surface area contributed by atoms with Crippen LogP contribution in [0.4, 0.5) is 14.9 Å². The van der Waals surface area contributed by atoms with Crippen molar-refractivity contribution in [2.45, 2.75) is 45.2 Å². The van der Waals surface area contributed by atoms with Crippen molar-refractivity contribution < 1.29 is 23.5 Å². The van der Waals surface area contributed by atoms with Gasteiger partial charge in [0, 0.05) is 37.4 Å². The van der Waals surface area contributed by atoms with Gasteiger partial charge in [0.05, 0.1) is 13.0 Å². The zero-order valence-corrected chi connectivity index (χ0v) is 22.0. The predicted molar refractivity (Wildman–Crippen MR) is 141 cm³/mol. The fourth-order valence-electron chi connectivity index (χ4n) is 4.51. The number of piperazine rings is 1. The molecule has 2 aromatic rings. The largest absolute Gasteiger partial charge is 0.469 e. The highest BCUT2D eigenvalue weighted by Crippen LogP contribution is 2.18. The zero-order chi connectivity index (χ0) is 27.0. The Morgan fingerprint density at radius 2 is 1.62 bits per heavy atom. The molecule has 9 heteroatoms. The highest BCUT2D eigenvalue weighted by atomic mass is 19.1. The Bertz CT molecular complexity index is 1050. The molecule has 0 aromatic heterocycles. The van der Waals surface area contributed by atoms with Crippen molar-refractivity contribution in [3.63, 3.8) is 0 Å². The Hall–Kier alpha value is -3.62. The number of carbonyl (C=O) groups is 3. The van der Waals surface area contributed by atoms with E-state index in [0.717, 1.165) is 11.3 Å². The zero-order valence-electron chi connectivity index (χ0n) is 22.0. The third-order valence-corrected chi connectivity index (χ3v) is 6.52. The smallest absolute Gasteiger partial charge is 0.318 e. The number of carbonyl (C=O) groups excluding carboxylic acids is 3. The molecule has 2 N–H and O–H groups in total. The van der Waals surface area contributed by atoms with Crippen LogP contribution in [0, 0.1) is 11.7 Å². The van der Waals surface area contributed by atoms with Gasteiger partial charge >= 0.3 is 12.0 Å². The summed E-state index contributed by atoms with van der Waals surface area (Å²) in [7, 11) is 1.30. The number of ether oxygens (including phenoxy) is 1. The van der Waals surface area contributed by atoms with Crippen LogP contribution in [-0.2, 0) is 20.7 Å². The van der Waals surface area contributed by atoms with Crippen molar-refractivity contribution >= 4 is 23.6 Å².